The van der Waals surface area contributed by atoms with Crippen molar-refractivity contribution in [3.8, 4) is 5.75 Å². The molecule has 0 radical (unpaired) electrons. The minimum absolute atomic E-state index is 0.395. The molecular formula is C15H23NO. The van der Waals surface area contributed by atoms with Crippen molar-refractivity contribution in [3.05, 3.63) is 28.8 Å². The number of likely N-dealkylation sites (tertiary alicyclic amines) is 1. The summed E-state index contributed by atoms with van der Waals surface area (Å²) in [7, 11) is 2.18. The molecule has 0 bridgehead atoms. The molecule has 0 aromatic heterocycles. The Labute approximate surface area is 105 Å². The lowest BCUT2D eigenvalue weighted by molar-refractivity contribution is 0.113. The van der Waals surface area contributed by atoms with Crippen LogP contribution < -0.4 is 4.74 Å². The summed E-state index contributed by atoms with van der Waals surface area (Å²) in [6, 6.07) is 4.28. The molecule has 1 heterocycles. The van der Waals surface area contributed by atoms with E-state index in [0.29, 0.717) is 6.10 Å². The molecule has 0 atom stereocenters. The van der Waals surface area contributed by atoms with Gasteiger partial charge in [-0.2, -0.15) is 0 Å². The predicted molar refractivity (Wildman–Crippen MR) is 71.8 cm³/mol. The third kappa shape index (κ3) is 2.81. The highest BCUT2D eigenvalue weighted by Crippen LogP contribution is 2.26. The first-order valence-electron chi connectivity index (χ1n) is 6.50. The molecular weight excluding hydrogens is 210 g/mol. The number of benzene rings is 1. The normalized spacial score (nSPS) is 18.4. The fourth-order valence-corrected chi connectivity index (χ4v) is 2.34. The Kier molecular flexibility index (Phi) is 3.72. The van der Waals surface area contributed by atoms with Gasteiger partial charge in [-0.1, -0.05) is 6.07 Å². The van der Waals surface area contributed by atoms with E-state index in [9.17, 15) is 0 Å². The second-order valence-corrected chi connectivity index (χ2v) is 5.25. The molecule has 1 saturated heterocycles. The predicted octanol–water partition coefficient (Wildman–Crippen LogP) is 3.08. The van der Waals surface area contributed by atoms with Crippen LogP contribution in [0.4, 0.5) is 0 Å². The maximum Gasteiger partial charge on any atom is 0.122 e. The average Bonchev–Trinajstić information content (AvgIpc) is 2.33. The summed E-state index contributed by atoms with van der Waals surface area (Å²) in [6.07, 6.45) is 2.68. The quantitative estimate of drug-likeness (QED) is 0.778. The molecule has 1 aliphatic rings. The van der Waals surface area contributed by atoms with E-state index in [1.165, 1.54) is 16.7 Å². The SMILES string of the molecule is Cc1ccc(OC2CCN(C)CC2)c(C)c1C. The van der Waals surface area contributed by atoms with Gasteiger partial charge in [0.05, 0.1) is 0 Å². The molecule has 2 rings (SSSR count). The number of hydrogen-bond acceptors (Lipinski definition) is 2. The molecule has 2 heteroatoms. The van der Waals surface area contributed by atoms with Gasteiger partial charge in [0.1, 0.15) is 11.9 Å². The molecule has 94 valence electrons. The highest BCUT2D eigenvalue weighted by molar-refractivity contribution is 5.43. The highest BCUT2D eigenvalue weighted by Gasteiger charge is 2.18. The Morgan fingerprint density at radius 1 is 1.06 bits per heavy atom. The molecule has 0 N–H and O–H groups in total. The number of ether oxygens (including phenoxy) is 1. The Bertz CT molecular complexity index is 392. The van der Waals surface area contributed by atoms with Crippen LogP contribution in [0.15, 0.2) is 12.1 Å². The second-order valence-electron chi connectivity index (χ2n) is 5.25. The molecule has 0 saturated carbocycles. The molecule has 2 nitrogen and oxygen atoms in total. The molecule has 0 spiro atoms. The standard InChI is InChI=1S/C15H23NO/c1-11-5-6-15(13(3)12(11)2)17-14-7-9-16(4)10-8-14/h5-6,14H,7-10H2,1-4H3. The van der Waals surface area contributed by atoms with E-state index in [2.05, 4.69) is 44.9 Å². The molecule has 1 fully saturated rings. The van der Waals surface area contributed by atoms with Crippen LogP contribution in [0.25, 0.3) is 0 Å². The van der Waals surface area contributed by atoms with Crippen molar-refractivity contribution in [1.29, 1.82) is 0 Å². The lowest BCUT2D eigenvalue weighted by atomic mass is 10.0. The number of nitrogens with zero attached hydrogens (tertiary/aromatic N) is 1. The van der Waals surface area contributed by atoms with Crippen LogP contribution in [0, 0.1) is 20.8 Å². The third-order valence-electron chi connectivity index (χ3n) is 3.97. The molecule has 0 unspecified atom stereocenters. The van der Waals surface area contributed by atoms with Crippen LogP contribution >= 0.6 is 0 Å². The number of piperidine rings is 1. The Morgan fingerprint density at radius 2 is 1.71 bits per heavy atom. The second kappa shape index (κ2) is 5.09. The zero-order valence-corrected chi connectivity index (χ0v) is 11.4. The van der Waals surface area contributed by atoms with Gasteiger partial charge in [0.2, 0.25) is 0 Å². The van der Waals surface area contributed by atoms with Crippen molar-refractivity contribution in [3.63, 3.8) is 0 Å². The van der Waals surface area contributed by atoms with E-state index in [1.54, 1.807) is 0 Å². The van der Waals surface area contributed by atoms with Gasteiger partial charge in [0.15, 0.2) is 0 Å². The van der Waals surface area contributed by atoms with Crippen molar-refractivity contribution < 1.29 is 4.74 Å². The lowest BCUT2D eigenvalue weighted by Crippen LogP contribution is -2.35. The van der Waals surface area contributed by atoms with Gasteiger partial charge in [-0.05, 0) is 63.4 Å². The van der Waals surface area contributed by atoms with Gasteiger partial charge in [0, 0.05) is 13.1 Å². The topological polar surface area (TPSA) is 12.5 Å². The molecule has 1 aromatic rings. The highest BCUT2D eigenvalue weighted by atomic mass is 16.5. The number of hydrogen-bond donors (Lipinski definition) is 0. The fraction of sp³-hybridized carbons (Fsp3) is 0.600. The summed E-state index contributed by atoms with van der Waals surface area (Å²) < 4.78 is 6.14. The zero-order chi connectivity index (χ0) is 12.4. The number of aryl methyl sites for hydroxylation is 1. The van der Waals surface area contributed by atoms with E-state index in [1.807, 2.05) is 0 Å². The zero-order valence-electron chi connectivity index (χ0n) is 11.4. The Morgan fingerprint density at radius 3 is 2.35 bits per heavy atom. The molecule has 17 heavy (non-hydrogen) atoms. The van der Waals surface area contributed by atoms with E-state index in [4.69, 9.17) is 4.74 Å². The van der Waals surface area contributed by atoms with Crippen molar-refractivity contribution >= 4 is 0 Å². The average molecular weight is 233 g/mol. The summed E-state index contributed by atoms with van der Waals surface area (Å²) in [5.41, 5.74) is 4.00. The Balaban J connectivity index is 2.06. The molecule has 1 aromatic carbocycles. The summed E-state index contributed by atoms with van der Waals surface area (Å²) in [5.74, 6) is 1.07. The van der Waals surface area contributed by atoms with Crippen molar-refractivity contribution in [2.75, 3.05) is 20.1 Å². The van der Waals surface area contributed by atoms with Gasteiger partial charge in [-0.3, -0.25) is 0 Å². The van der Waals surface area contributed by atoms with E-state index in [-0.39, 0.29) is 0 Å². The summed E-state index contributed by atoms with van der Waals surface area (Å²) in [5, 5.41) is 0. The smallest absolute Gasteiger partial charge is 0.122 e. The van der Waals surface area contributed by atoms with E-state index in [0.717, 1.165) is 31.7 Å². The minimum Gasteiger partial charge on any atom is -0.490 e. The van der Waals surface area contributed by atoms with Crippen LogP contribution in [-0.2, 0) is 0 Å². The van der Waals surface area contributed by atoms with Crippen molar-refractivity contribution in [2.24, 2.45) is 0 Å². The molecule has 1 aliphatic heterocycles. The maximum absolute atomic E-state index is 6.14. The monoisotopic (exact) mass is 233 g/mol. The summed E-state index contributed by atoms with van der Waals surface area (Å²) in [4.78, 5) is 2.37. The maximum atomic E-state index is 6.14. The third-order valence-corrected chi connectivity index (χ3v) is 3.97. The Hall–Kier alpha value is -1.02. The van der Waals surface area contributed by atoms with Gasteiger partial charge >= 0.3 is 0 Å². The first kappa shape index (κ1) is 12.4. The van der Waals surface area contributed by atoms with Crippen LogP contribution in [0.3, 0.4) is 0 Å². The van der Waals surface area contributed by atoms with E-state index >= 15 is 0 Å². The first-order chi connectivity index (χ1) is 8.08. The van der Waals surface area contributed by atoms with Gasteiger partial charge in [0.25, 0.3) is 0 Å². The summed E-state index contributed by atoms with van der Waals surface area (Å²) >= 11 is 0. The number of rotatable bonds is 2. The van der Waals surface area contributed by atoms with Gasteiger partial charge in [-0.15, -0.1) is 0 Å². The van der Waals surface area contributed by atoms with Gasteiger partial charge in [-0.25, -0.2) is 0 Å². The fourth-order valence-electron chi connectivity index (χ4n) is 2.34. The van der Waals surface area contributed by atoms with Crippen LogP contribution in [0.1, 0.15) is 29.5 Å². The van der Waals surface area contributed by atoms with Gasteiger partial charge < -0.3 is 9.64 Å². The van der Waals surface area contributed by atoms with Crippen molar-refractivity contribution in [2.45, 2.75) is 39.7 Å². The van der Waals surface area contributed by atoms with Crippen LogP contribution in [-0.4, -0.2) is 31.1 Å². The minimum atomic E-state index is 0.395. The largest absolute Gasteiger partial charge is 0.490 e. The van der Waals surface area contributed by atoms with Crippen molar-refractivity contribution in [1.82, 2.24) is 4.90 Å². The molecule has 0 amide bonds. The molecule has 0 aliphatic carbocycles. The van der Waals surface area contributed by atoms with Crippen LogP contribution in [0.2, 0.25) is 0 Å². The van der Waals surface area contributed by atoms with Crippen LogP contribution in [0.5, 0.6) is 5.75 Å². The van der Waals surface area contributed by atoms with E-state index < -0.39 is 0 Å². The summed E-state index contributed by atoms with van der Waals surface area (Å²) in [6.45, 7) is 8.78. The first-order valence-corrected chi connectivity index (χ1v) is 6.50. The lowest BCUT2D eigenvalue weighted by Gasteiger charge is -2.30.